The fraction of sp³-hybridized carbons (Fsp3) is 0.474. The predicted molar refractivity (Wildman–Crippen MR) is 95.3 cm³/mol. The molecule has 0 bridgehead atoms. The van der Waals surface area contributed by atoms with Gasteiger partial charge >= 0.3 is 12.0 Å². The molecule has 10 heteroatoms. The number of hydrogen-bond acceptors (Lipinski definition) is 5. The molecule has 1 heterocycles. The van der Waals surface area contributed by atoms with Gasteiger partial charge in [0.25, 0.3) is 11.8 Å². The van der Waals surface area contributed by atoms with Crippen molar-refractivity contribution in [2.45, 2.75) is 44.2 Å². The Hall–Kier alpha value is -3.04. The second-order valence-corrected chi connectivity index (χ2v) is 7.23. The van der Waals surface area contributed by atoms with E-state index in [1.54, 1.807) is 0 Å². The molecule has 1 aromatic carbocycles. The standard InChI is InChI=1S/C19H21F2N3O5/c1-11(13-5-4-12(20)8-14(13)21)22-15(25)10-29-16(26)9-24-17(27)19(23-18(24)28)6-2-3-7-19/h4-5,8,11H,2-3,6-7,9-10H2,1H3,(H,22,25)(H,23,28)/t11-/m0/s1. The van der Waals surface area contributed by atoms with Crippen LogP contribution in [0.2, 0.25) is 0 Å². The highest BCUT2D eigenvalue weighted by Crippen LogP contribution is 2.34. The highest BCUT2D eigenvalue weighted by molar-refractivity contribution is 6.08. The van der Waals surface area contributed by atoms with E-state index >= 15 is 0 Å². The van der Waals surface area contributed by atoms with Crippen LogP contribution in [0.25, 0.3) is 0 Å². The van der Waals surface area contributed by atoms with Crippen LogP contribution in [0.5, 0.6) is 0 Å². The number of amides is 4. The van der Waals surface area contributed by atoms with Crippen LogP contribution >= 0.6 is 0 Å². The number of ether oxygens (including phenoxy) is 1. The first-order valence-electron chi connectivity index (χ1n) is 9.26. The summed E-state index contributed by atoms with van der Waals surface area (Å²) in [6.45, 7) is 0.229. The first-order valence-corrected chi connectivity index (χ1v) is 9.26. The number of benzene rings is 1. The molecule has 1 saturated carbocycles. The minimum Gasteiger partial charge on any atom is -0.454 e. The lowest BCUT2D eigenvalue weighted by Crippen LogP contribution is -2.44. The highest BCUT2D eigenvalue weighted by atomic mass is 19.1. The van der Waals surface area contributed by atoms with Crippen LogP contribution in [-0.2, 0) is 19.1 Å². The molecule has 1 aliphatic carbocycles. The Morgan fingerprint density at radius 1 is 1.28 bits per heavy atom. The molecule has 2 fully saturated rings. The van der Waals surface area contributed by atoms with E-state index in [1.807, 2.05) is 0 Å². The topological polar surface area (TPSA) is 105 Å². The lowest BCUT2D eigenvalue weighted by Gasteiger charge is -2.19. The summed E-state index contributed by atoms with van der Waals surface area (Å²) in [7, 11) is 0. The molecule has 0 aromatic heterocycles. The third kappa shape index (κ3) is 4.36. The molecule has 1 spiro atoms. The fourth-order valence-corrected chi connectivity index (χ4v) is 3.67. The summed E-state index contributed by atoms with van der Waals surface area (Å²) in [6.07, 6.45) is 2.70. The Bertz CT molecular complexity index is 854. The molecule has 8 nitrogen and oxygen atoms in total. The van der Waals surface area contributed by atoms with Gasteiger partial charge in [-0.1, -0.05) is 18.9 Å². The smallest absolute Gasteiger partial charge is 0.326 e. The van der Waals surface area contributed by atoms with Crippen LogP contribution in [0.15, 0.2) is 18.2 Å². The van der Waals surface area contributed by atoms with Crippen molar-refractivity contribution in [3.63, 3.8) is 0 Å². The third-order valence-corrected chi connectivity index (χ3v) is 5.16. The number of carbonyl (C=O) groups excluding carboxylic acids is 4. The van der Waals surface area contributed by atoms with Gasteiger partial charge in [-0.25, -0.2) is 13.6 Å². The Morgan fingerprint density at radius 2 is 1.97 bits per heavy atom. The molecule has 4 amide bonds. The zero-order valence-electron chi connectivity index (χ0n) is 15.8. The second kappa shape index (κ2) is 8.14. The summed E-state index contributed by atoms with van der Waals surface area (Å²) in [6, 6.07) is 1.54. The lowest BCUT2D eigenvalue weighted by molar-refractivity contribution is -0.151. The van der Waals surface area contributed by atoms with E-state index in [0.717, 1.165) is 23.8 Å². The molecule has 156 valence electrons. The van der Waals surface area contributed by atoms with Gasteiger partial charge in [0, 0.05) is 11.6 Å². The Morgan fingerprint density at radius 3 is 2.62 bits per heavy atom. The molecule has 3 rings (SSSR count). The summed E-state index contributed by atoms with van der Waals surface area (Å²) in [5.41, 5.74) is -0.851. The molecule has 1 aromatic rings. The van der Waals surface area contributed by atoms with Gasteiger partial charge in [0.1, 0.15) is 23.7 Å². The molecular weight excluding hydrogens is 388 g/mol. The van der Waals surface area contributed by atoms with Crippen LogP contribution in [-0.4, -0.2) is 47.4 Å². The normalized spacial score (nSPS) is 18.7. The minimum atomic E-state index is -0.927. The van der Waals surface area contributed by atoms with Crippen molar-refractivity contribution in [2.75, 3.05) is 13.2 Å². The SMILES string of the molecule is C[C@H](NC(=O)COC(=O)CN1C(=O)NC2(CCCC2)C1=O)c1ccc(F)cc1F. The number of nitrogens with one attached hydrogen (secondary N) is 2. The van der Waals surface area contributed by atoms with Gasteiger partial charge < -0.3 is 15.4 Å². The number of imide groups is 1. The average molecular weight is 409 g/mol. The Labute approximate surface area is 165 Å². The number of rotatable bonds is 6. The monoisotopic (exact) mass is 409 g/mol. The molecule has 0 radical (unpaired) electrons. The van der Waals surface area contributed by atoms with Crippen molar-refractivity contribution in [1.29, 1.82) is 0 Å². The molecule has 2 N–H and O–H groups in total. The van der Waals surface area contributed by atoms with Gasteiger partial charge in [-0.05, 0) is 25.8 Å². The highest BCUT2D eigenvalue weighted by Gasteiger charge is 2.52. The summed E-state index contributed by atoms with van der Waals surface area (Å²) >= 11 is 0. The van der Waals surface area contributed by atoms with Gasteiger partial charge in [0.05, 0.1) is 6.04 Å². The summed E-state index contributed by atoms with van der Waals surface area (Å²) in [5.74, 6) is -3.63. The number of esters is 1. The zero-order chi connectivity index (χ0) is 21.2. The fourth-order valence-electron chi connectivity index (χ4n) is 3.67. The van der Waals surface area contributed by atoms with Crippen LogP contribution in [0.4, 0.5) is 13.6 Å². The maximum atomic E-state index is 13.7. The summed E-state index contributed by atoms with van der Waals surface area (Å²) in [4.78, 5) is 49.2. The van der Waals surface area contributed by atoms with E-state index < -0.39 is 60.2 Å². The quantitative estimate of drug-likeness (QED) is 0.548. The second-order valence-electron chi connectivity index (χ2n) is 7.23. The van der Waals surface area contributed by atoms with Gasteiger partial charge in [-0.15, -0.1) is 0 Å². The van der Waals surface area contributed by atoms with E-state index in [9.17, 15) is 28.0 Å². The van der Waals surface area contributed by atoms with Gasteiger partial charge in [0.2, 0.25) is 0 Å². The summed E-state index contributed by atoms with van der Waals surface area (Å²) < 4.78 is 31.5. The van der Waals surface area contributed by atoms with Crippen LogP contribution in [0.1, 0.15) is 44.2 Å². The average Bonchev–Trinajstić information content (AvgIpc) is 3.21. The van der Waals surface area contributed by atoms with Crippen LogP contribution in [0, 0.1) is 11.6 Å². The summed E-state index contributed by atoms with van der Waals surface area (Å²) in [5, 5.41) is 5.07. The van der Waals surface area contributed by atoms with Gasteiger partial charge in [-0.3, -0.25) is 19.3 Å². The van der Waals surface area contributed by atoms with Crippen molar-refractivity contribution in [1.82, 2.24) is 15.5 Å². The number of nitrogens with zero attached hydrogens (tertiary/aromatic N) is 1. The molecule has 0 unspecified atom stereocenters. The van der Waals surface area contributed by atoms with E-state index in [0.29, 0.717) is 18.9 Å². The van der Waals surface area contributed by atoms with Crippen molar-refractivity contribution < 1.29 is 32.7 Å². The maximum absolute atomic E-state index is 13.7. The molecule has 1 aliphatic heterocycles. The number of urea groups is 1. The molecule has 1 saturated heterocycles. The molecule has 1 atom stereocenters. The van der Waals surface area contributed by atoms with E-state index in [-0.39, 0.29) is 5.56 Å². The van der Waals surface area contributed by atoms with E-state index in [2.05, 4.69) is 10.6 Å². The number of hydrogen-bond donors (Lipinski definition) is 2. The lowest BCUT2D eigenvalue weighted by atomic mass is 9.98. The van der Waals surface area contributed by atoms with Crippen LogP contribution < -0.4 is 10.6 Å². The molecule has 2 aliphatic rings. The van der Waals surface area contributed by atoms with Crippen molar-refractivity contribution in [2.24, 2.45) is 0 Å². The predicted octanol–water partition coefficient (Wildman–Crippen LogP) is 1.55. The third-order valence-electron chi connectivity index (χ3n) is 5.16. The van der Waals surface area contributed by atoms with Crippen molar-refractivity contribution in [3.8, 4) is 0 Å². The zero-order valence-corrected chi connectivity index (χ0v) is 15.8. The van der Waals surface area contributed by atoms with E-state index in [1.165, 1.54) is 13.0 Å². The molecule has 29 heavy (non-hydrogen) atoms. The largest absolute Gasteiger partial charge is 0.454 e. The molecular formula is C19H21F2N3O5. The number of carbonyl (C=O) groups is 4. The van der Waals surface area contributed by atoms with Crippen LogP contribution in [0.3, 0.4) is 0 Å². The van der Waals surface area contributed by atoms with Gasteiger partial charge in [0.15, 0.2) is 6.61 Å². The van der Waals surface area contributed by atoms with Crippen molar-refractivity contribution in [3.05, 3.63) is 35.4 Å². The maximum Gasteiger partial charge on any atom is 0.326 e. The Kier molecular flexibility index (Phi) is 5.81. The first-order chi connectivity index (χ1) is 13.7. The van der Waals surface area contributed by atoms with Crippen molar-refractivity contribution >= 4 is 23.8 Å². The minimum absolute atomic E-state index is 0.0762. The van der Waals surface area contributed by atoms with E-state index in [4.69, 9.17) is 4.74 Å². The first kappa shape index (κ1) is 20.7. The Balaban J connectivity index is 1.48. The van der Waals surface area contributed by atoms with Gasteiger partial charge in [-0.2, -0.15) is 0 Å². The number of halogens is 2.